The molecule has 1 saturated heterocycles. The van der Waals surface area contributed by atoms with Crippen LogP contribution in [-0.4, -0.2) is 71.1 Å². The van der Waals surface area contributed by atoms with E-state index in [0.29, 0.717) is 41.6 Å². The summed E-state index contributed by atoms with van der Waals surface area (Å²) >= 11 is 0. The molecule has 11 heteroatoms. The van der Waals surface area contributed by atoms with Gasteiger partial charge in [0.25, 0.3) is 0 Å². The number of nitrogens with zero attached hydrogens (tertiary/aromatic N) is 4. The molecule has 1 amide bonds. The van der Waals surface area contributed by atoms with Gasteiger partial charge in [-0.3, -0.25) is 4.79 Å². The van der Waals surface area contributed by atoms with Crippen LogP contribution in [0.5, 0.6) is 6.01 Å². The second kappa shape index (κ2) is 13.2. The number of ether oxygens (including phenoxy) is 3. The van der Waals surface area contributed by atoms with Crippen molar-refractivity contribution in [2.24, 2.45) is 5.41 Å². The van der Waals surface area contributed by atoms with Crippen molar-refractivity contribution in [2.45, 2.75) is 26.2 Å². The van der Waals surface area contributed by atoms with Gasteiger partial charge in [-0.25, -0.2) is 14.4 Å². The van der Waals surface area contributed by atoms with Crippen molar-refractivity contribution in [1.29, 1.82) is 0 Å². The molecular formula is C31H35FN6O4. The Morgan fingerprint density at radius 2 is 1.83 bits per heavy atom. The lowest BCUT2D eigenvalue weighted by atomic mass is 9.91. The fraction of sp³-hybridized carbons (Fsp3) is 0.355. The molecule has 0 radical (unpaired) electrons. The second-order valence-electron chi connectivity index (χ2n) is 10.8. The monoisotopic (exact) mass is 574 g/mol. The topological polar surface area (TPSA) is 114 Å². The van der Waals surface area contributed by atoms with Gasteiger partial charge in [-0.15, -0.1) is 0 Å². The number of carbonyl (C=O) groups excluding carboxylic acids is 1. The summed E-state index contributed by atoms with van der Waals surface area (Å²) in [6.07, 6.45) is 1.62. The molecular weight excluding hydrogens is 539 g/mol. The first-order chi connectivity index (χ1) is 20.3. The van der Waals surface area contributed by atoms with Crippen LogP contribution in [0, 0.1) is 11.2 Å². The number of rotatable bonds is 11. The molecule has 2 aromatic carbocycles. The van der Waals surface area contributed by atoms with Gasteiger partial charge in [-0.2, -0.15) is 4.98 Å². The molecule has 2 N–H and O–H groups in total. The molecule has 3 heterocycles. The molecule has 0 aliphatic carbocycles. The molecule has 1 fully saturated rings. The van der Waals surface area contributed by atoms with Crippen LogP contribution in [0.25, 0.3) is 22.6 Å². The lowest BCUT2D eigenvalue weighted by Crippen LogP contribution is -2.49. The minimum Gasteiger partial charge on any atom is -0.459 e. The summed E-state index contributed by atoms with van der Waals surface area (Å²) in [5, 5.41) is 2.98. The number of H-pyrrole nitrogens is 1. The zero-order valence-corrected chi connectivity index (χ0v) is 24.0. The minimum absolute atomic E-state index is 0.115. The van der Waals surface area contributed by atoms with Gasteiger partial charge in [-0.05, 0) is 69.9 Å². The molecule has 4 aromatic rings. The van der Waals surface area contributed by atoms with Crippen LogP contribution in [0.2, 0.25) is 0 Å². The van der Waals surface area contributed by atoms with E-state index >= 15 is 0 Å². The van der Waals surface area contributed by atoms with E-state index in [1.165, 1.54) is 12.1 Å². The molecule has 10 nitrogen and oxygen atoms in total. The van der Waals surface area contributed by atoms with Gasteiger partial charge < -0.3 is 29.4 Å². The van der Waals surface area contributed by atoms with Crippen LogP contribution < -0.4 is 10.1 Å². The third-order valence-electron chi connectivity index (χ3n) is 6.89. The average Bonchev–Trinajstić information content (AvgIpc) is 3.45. The molecule has 1 aliphatic heterocycles. The average molecular weight is 575 g/mol. The Balaban J connectivity index is 1.34. The number of aromatic nitrogens is 4. The molecule has 5 rings (SSSR count). The molecule has 42 heavy (non-hydrogen) atoms. The highest BCUT2D eigenvalue weighted by atomic mass is 19.1. The van der Waals surface area contributed by atoms with Crippen LogP contribution in [0.15, 0.2) is 66.9 Å². The maximum atomic E-state index is 13.7. The number of carbonyl (C=O) groups is 1. The molecule has 1 aliphatic rings. The second-order valence-corrected chi connectivity index (χ2v) is 10.8. The van der Waals surface area contributed by atoms with Gasteiger partial charge in [0, 0.05) is 18.3 Å². The fourth-order valence-corrected chi connectivity index (χ4v) is 4.49. The van der Waals surface area contributed by atoms with Gasteiger partial charge in [0.2, 0.25) is 12.2 Å². The highest BCUT2D eigenvalue weighted by molar-refractivity contribution is 5.82. The van der Waals surface area contributed by atoms with E-state index < -0.39 is 11.7 Å². The lowest BCUT2D eigenvalue weighted by Gasteiger charge is -2.35. The maximum absolute atomic E-state index is 13.7. The number of hydrogen-bond donors (Lipinski definition) is 2. The van der Waals surface area contributed by atoms with Gasteiger partial charge in [-0.1, -0.05) is 30.3 Å². The van der Waals surface area contributed by atoms with Crippen LogP contribution in [0.1, 0.15) is 31.0 Å². The molecule has 0 unspecified atom stereocenters. The van der Waals surface area contributed by atoms with Crippen LogP contribution in [0.4, 0.5) is 4.39 Å². The summed E-state index contributed by atoms with van der Waals surface area (Å²) in [5.74, 6) is -0.0630. The third-order valence-corrected chi connectivity index (χ3v) is 6.89. The Kier molecular flexibility index (Phi) is 9.21. The van der Waals surface area contributed by atoms with Crippen molar-refractivity contribution in [3.05, 3.63) is 84.1 Å². The smallest absolute Gasteiger partial charge is 0.317 e. The first kappa shape index (κ1) is 29.3. The van der Waals surface area contributed by atoms with Gasteiger partial charge in [0.05, 0.1) is 35.7 Å². The molecule has 220 valence electrons. The molecule has 2 aromatic heterocycles. The largest absolute Gasteiger partial charge is 0.459 e. The molecule has 0 saturated carbocycles. The summed E-state index contributed by atoms with van der Waals surface area (Å²) in [6.45, 7) is 3.91. The van der Waals surface area contributed by atoms with E-state index in [2.05, 4.69) is 25.2 Å². The quantitative estimate of drug-likeness (QED) is 0.254. The summed E-state index contributed by atoms with van der Waals surface area (Å²) in [5.41, 5.74) is 2.48. The maximum Gasteiger partial charge on any atom is 0.317 e. The van der Waals surface area contributed by atoms with E-state index in [1.54, 1.807) is 24.4 Å². The molecule has 0 spiro atoms. The normalized spacial score (nSPS) is 18.6. The van der Waals surface area contributed by atoms with E-state index in [0.717, 1.165) is 18.5 Å². The van der Waals surface area contributed by atoms with Crippen molar-refractivity contribution in [3.63, 3.8) is 0 Å². The van der Waals surface area contributed by atoms with Crippen molar-refractivity contribution in [2.75, 3.05) is 40.4 Å². The third kappa shape index (κ3) is 7.17. The molecule has 0 atom stereocenters. The number of nitrogens with one attached hydrogen (secondary N) is 2. The zero-order valence-electron chi connectivity index (χ0n) is 24.0. The van der Waals surface area contributed by atoms with Gasteiger partial charge >= 0.3 is 6.01 Å². The van der Waals surface area contributed by atoms with Crippen LogP contribution in [-0.2, 0) is 20.9 Å². The summed E-state index contributed by atoms with van der Waals surface area (Å²) < 4.78 is 31.6. The summed E-state index contributed by atoms with van der Waals surface area (Å²) in [4.78, 5) is 31.8. The predicted molar refractivity (Wildman–Crippen MR) is 155 cm³/mol. The standard InChI is InChI=1S/C31H35FN6O4/c1-31(29(39)33-15-7-17-38(2)3)19-41-28(42-20-31)27-36-25(22-10-12-23(32)13-11-22)26(37-27)24-14-16-34-30(35-24)40-18-21-8-5-4-6-9-21/h4-6,8-14,16,28H,7,15,17-20H2,1-3H3,(H,33,39)(H,36,37). The number of hydrogen-bond acceptors (Lipinski definition) is 8. The predicted octanol–water partition coefficient (Wildman–Crippen LogP) is 4.37. The fourth-order valence-electron chi connectivity index (χ4n) is 4.49. The first-order valence-corrected chi connectivity index (χ1v) is 13.8. The highest BCUT2D eigenvalue weighted by Gasteiger charge is 2.40. The minimum atomic E-state index is -0.832. The van der Waals surface area contributed by atoms with E-state index in [-0.39, 0.29) is 30.9 Å². The Bertz CT molecular complexity index is 1470. The van der Waals surface area contributed by atoms with Crippen molar-refractivity contribution < 1.29 is 23.4 Å². The summed E-state index contributed by atoms with van der Waals surface area (Å²) in [6, 6.07) is 17.7. The number of imidazole rings is 1. The number of benzene rings is 2. The number of amides is 1. The van der Waals surface area contributed by atoms with E-state index in [9.17, 15) is 9.18 Å². The van der Waals surface area contributed by atoms with Crippen molar-refractivity contribution >= 4 is 5.91 Å². The Morgan fingerprint density at radius 1 is 1.10 bits per heavy atom. The van der Waals surface area contributed by atoms with Crippen LogP contribution >= 0.6 is 0 Å². The van der Waals surface area contributed by atoms with E-state index in [4.69, 9.17) is 19.2 Å². The Hall–Kier alpha value is -4.19. The molecule has 0 bridgehead atoms. The number of aromatic amines is 1. The Morgan fingerprint density at radius 3 is 2.55 bits per heavy atom. The Labute approximate surface area is 244 Å². The van der Waals surface area contributed by atoms with Gasteiger partial charge in [0.15, 0.2) is 5.82 Å². The van der Waals surface area contributed by atoms with Gasteiger partial charge in [0.1, 0.15) is 12.4 Å². The van der Waals surface area contributed by atoms with Crippen LogP contribution in [0.3, 0.4) is 0 Å². The van der Waals surface area contributed by atoms with Crippen molar-refractivity contribution in [3.8, 4) is 28.7 Å². The van der Waals surface area contributed by atoms with Crippen molar-refractivity contribution in [1.82, 2.24) is 30.2 Å². The zero-order chi connectivity index (χ0) is 29.5. The lowest BCUT2D eigenvalue weighted by molar-refractivity contribution is -0.231. The SMILES string of the molecule is CN(C)CCCNC(=O)C1(C)COC(c2nc(-c3ccc(F)cc3)c(-c3ccnc(OCc4ccccc4)n3)[nH]2)OC1. The summed E-state index contributed by atoms with van der Waals surface area (Å²) in [7, 11) is 3.99. The number of halogens is 1. The highest BCUT2D eigenvalue weighted by Crippen LogP contribution is 2.35. The first-order valence-electron chi connectivity index (χ1n) is 13.8. The van der Waals surface area contributed by atoms with E-state index in [1.807, 2.05) is 51.4 Å².